The molecule has 2 aromatic carbocycles. The summed E-state index contributed by atoms with van der Waals surface area (Å²) in [6.45, 7) is 6.23. The smallest absolute Gasteiger partial charge is 0.233 e. The highest BCUT2D eigenvalue weighted by atomic mass is 32.2. The summed E-state index contributed by atoms with van der Waals surface area (Å²) in [6.07, 6.45) is 0.901. The van der Waals surface area contributed by atoms with E-state index >= 15 is 0 Å². The lowest BCUT2D eigenvalue weighted by atomic mass is 9.96. The molecular formula is C25H28N4O3S. The van der Waals surface area contributed by atoms with Gasteiger partial charge < -0.3 is 10.1 Å². The van der Waals surface area contributed by atoms with Crippen molar-refractivity contribution in [1.82, 2.24) is 15.1 Å². The maximum Gasteiger partial charge on any atom is 0.233 e. The topological polar surface area (TPSA) is 84.4 Å². The van der Waals surface area contributed by atoms with Crippen molar-refractivity contribution in [2.75, 3.05) is 30.0 Å². The average molecular weight is 465 g/mol. The Morgan fingerprint density at radius 1 is 1.12 bits per heavy atom. The predicted octanol–water partition coefficient (Wildman–Crippen LogP) is 3.75. The maximum absolute atomic E-state index is 11.6. The first kappa shape index (κ1) is 21.9. The lowest BCUT2D eigenvalue weighted by molar-refractivity contribution is 0.196. The van der Waals surface area contributed by atoms with Gasteiger partial charge in [-0.2, -0.15) is 0 Å². The standard InChI is InChI=1S/C25H28N4O3S/c1-3-32-25-10-9-24(27-28-25)22-13-19(8-7-17(22)2)26-23-6-4-5-18-14-29(12-11-21(18)23)20-15-33(30,31)16-20/h4-10,13,20,26H,3,11-12,14-16H2,1-2H3. The summed E-state index contributed by atoms with van der Waals surface area (Å²) in [6, 6.07) is 16.5. The number of aromatic nitrogens is 2. The van der Waals surface area contributed by atoms with Crippen molar-refractivity contribution in [2.45, 2.75) is 32.9 Å². The molecule has 0 bridgehead atoms. The normalized spacial score (nSPS) is 17.8. The van der Waals surface area contributed by atoms with Crippen molar-refractivity contribution in [3.05, 3.63) is 65.2 Å². The molecule has 0 aliphatic carbocycles. The van der Waals surface area contributed by atoms with Gasteiger partial charge in [0.25, 0.3) is 0 Å². The van der Waals surface area contributed by atoms with Crippen molar-refractivity contribution in [3.63, 3.8) is 0 Å². The first-order chi connectivity index (χ1) is 15.9. The first-order valence-electron chi connectivity index (χ1n) is 11.3. The van der Waals surface area contributed by atoms with Gasteiger partial charge in [-0.25, -0.2) is 8.42 Å². The number of nitrogens with one attached hydrogen (secondary N) is 1. The number of ether oxygens (including phenoxy) is 1. The number of nitrogens with zero attached hydrogens (tertiary/aromatic N) is 3. The monoisotopic (exact) mass is 464 g/mol. The van der Waals surface area contributed by atoms with Crippen molar-refractivity contribution in [1.29, 1.82) is 0 Å². The molecular weight excluding hydrogens is 436 g/mol. The van der Waals surface area contributed by atoms with Crippen LogP contribution in [0.4, 0.5) is 11.4 Å². The number of aryl methyl sites for hydroxylation is 1. The van der Waals surface area contributed by atoms with Crippen LogP contribution in [0.5, 0.6) is 5.88 Å². The zero-order chi connectivity index (χ0) is 23.0. The van der Waals surface area contributed by atoms with Crippen LogP contribution in [0, 0.1) is 6.92 Å². The lowest BCUT2D eigenvalue weighted by Crippen LogP contribution is -2.54. The number of hydrogen-bond acceptors (Lipinski definition) is 7. The molecule has 172 valence electrons. The summed E-state index contributed by atoms with van der Waals surface area (Å²) in [5, 5.41) is 12.1. The molecule has 1 N–H and O–H groups in total. The summed E-state index contributed by atoms with van der Waals surface area (Å²) in [5.74, 6) is 1.11. The van der Waals surface area contributed by atoms with Gasteiger partial charge in [-0.15, -0.1) is 10.2 Å². The Morgan fingerprint density at radius 2 is 1.97 bits per heavy atom. The molecule has 0 unspecified atom stereocenters. The fourth-order valence-electron chi connectivity index (χ4n) is 4.63. The number of rotatable bonds is 6. The van der Waals surface area contributed by atoms with E-state index < -0.39 is 9.84 Å². The quantitative estimate of drug-likeness (QED) is 0.595. The molecule has 0 amide bonds. The van der Waals surface area contributed by atoms with Crippen molar-refractivity contribution >= 4 is 21.2 Å². The SMILES string of the molecule is CCOc1ccc(-c2cc(Nc3cccc4c3CCN(C3CS(=O)(=O)C3)C4)ccc2C)nn1. The third-order valence-corrected chi connectivity index (χ3v) is 8.21. The second-order valence-electron chi connectivity index (χ2n) is 8.74. The Balaban J connectivity index is 1.36. The number of benzene rings is 2. The molecule has 0 saturated carbocycles. The van der Waals surface area contributed by atoms with E-state index in [1.54, 1.807) is 0 Å². The van der Waals surface area contributed by atoms with E-state index in [9.17, 15) is 8.42 Å². The van der Waals surface area contributed by atoms with Crippen LogP contribution >= 0.6 is 0 Å². The number of fused-ring (bicyclic) bond motifs is 1. The molecule has 3 aromatic rings. The van der Waals surface area contributed by atoms with Crippen molar-refractivity contribution in [3.8, 4) is 17.1 Å². The van der Waals surface area contributed by atoms with Crippen LogP contribution in [0.15, 0.2) is 48.5 Å². The van der Waals surface area contributed by atoms with Gasteiger partial charge in [-0.05, 0) is 61.2 Å². The summed E-state index contributed by atoms with van der Waals surface area (Å²) >= 11 is 0. The van der Waals surface area contributed by atoms with Crippen LogP contribution in [0.25, 0.3) is 11.3 Å². The van der Waals surface area contributed by atoms with Crippen LogP contribution in [0.2, 0.25) is 0 Å². The molecule has 0 atom stereocenters. The van der Waals surface area contributed by atoms with Gasteiger partial charge in [0.05, 0.1) is 23.8 Å². The predicted molar refractivity (Wildman–Crippen MR) is 130 cm³/mol. The Hall–Kier alpha value is -2.97. The fourth-order valence-corrected chi connectivity index (χ4v) is 6.12. The third-order valence-electron chi connectivity index (χ3n) is 6.43. The molecule has 1 fully saturated rings. The number of anilines is 2. The third kappa shape index (κ3) is 4.58. The van der Waals surface area contributed by atoms with Crippen LogP contribution in [-0.4, -0.2) is 54.2 Å². The molecule has 5 rings (SSSR count). The second kappa shape index (κ2) is 8.76. The maximum atomic E-state index is 11.6. The Bertz CT molecular complexity index is 1260. The van der Waals surface area contributed by atoms with Crippen molar-refractivity contribution < 1.29 is 13.2 Å². The minimum atomic E-state index is -2.81. The fraction of sp³-hybridized carbons (Fsp3) is 0.360. The molecule has 2 aliphatic rings. The van der Waals surface area contributed by atoms with Gasteiger partial charge in [0.15, 0.2) is 9.84 Å². The molecule has 1 saturated heterocycles. The highest BCUT2D eigenvalue weighted by Crippen LogP contribution is 2.33. The highest BCUT2D eigenvalue weighted by molar-refractivity contribution is 7.92. The van der Waals surface area contributed by atoms with Gasteiger partial charge in [-0.1, -0.05) is 18.2 Å². The summed E-state index contributed by atoms with van der Waals surface area (Å²) in [4.78, 5) is 2.31. The van der Waals surface area contributed by atoms with Crippen LogP contribution in [0.3, 0.4) is 0 Å². The van der Waals surface area contributed by atoms with Crippen LogP contribution in [0.1, 0.15) is 23.6 Å². The van der Waals surface area contributed by atoms with E-state index in [0.717, 1.165) is 47.7 Å². The second-order valence-corrected chi connectivity index (χ2v) is 10.9. The van der Waals surface area contributed by atoms with Crippen molar-refractivity contribution in [2.24, 2.45) is 0 Å². The number of sulfone groups is 1. The zero-order valence-electron chi connectivity index (χ0n) is 18.9. The minimum absolute atomic E-state index is 0.162. The Labute approximate surface area is 194 Å². The summed E-state index contributed by atoms with van der Waals surface area (Å²) < 4.78 is 28.6. The van der Waals surface area contributed by atoms with E-state index in [2.05, 4.69) is 63.7 Å². The van der Waals surface area contributed by atoms with E-state index in [0.29, 0.717) is 24.0 Å². The first-order valence-corrected chi connectivity index (χ1v) is 13.1. The molecule has 0 spiro atoms. The van der Waals surface area contributed by atoms with E-state index in [1.807, 2.05) is 19.1 Å². The van der Waals surface area contributed by atoms with E-state index in [1.165, 1.54) is 11.1 Å². The Morgan fingerprint density at radius 3 is 2.70 bits per heavy atom. The molecule has 0 radical (unpaired) electrons. The van der Waals surface area contributed by atoms with Crippen LogP contribution in [-0.2, 0) is 22.8 Å². The highest BCUT2D eigenvalue weighted by Gasteiger charge is 2.38. The summed E-state index contributed by atoms with van der Waals surface area (Å²) in [5.41, 5.74) is 7.62. The van der Waals surface area contributed by atoms with Gasteiger partial charge in [0, 0.05) is 42.1 Å². The lowest BCUT2D eigenvalue weighted by Gasteiger charge is -2.40. The molecule has 7 nitrogen and oxygen atoms in total. The minimum Gasteiger partial charge on any atom is -0.477 e. The van der Waals surface area contributed by atoms with Gasteiger partial charge in [0.2, 0.25) is 5.88 Å². The van der Waals surface area contributed by atoms with Crippen LogP contribution < -0.4 is 10.1 Å². The molecule has 1 aromatic heterocycles. The van der Waals surface area contributed by atoms with E-state index in [4.69, 9.17) is 4.74 Å². The van der Waals surface area contributed by atoms with Gasteiger partial charge in [-0.3, -0.25) is 4.90 Å². The Kier molecular flexibility index (Phi) is 5.80. The van der Waals surface area contributed by atoms with E-state index in [-0.39, 0.29) is 6.04 Å². The molecule has 8 heteroatoms. The molecule has 2 aliphatic heterocycles. The number of hydrogen-bond donors (Lipinski definition) is 1. The molecule has 3 heterocycles. The summed E-state index contributed by atoms with van der Waals surface area (Å²) in [7, 11) is -2.81. The zero-order valence-corrected chi connectivity index (χ0v) is 19.7. The largest absolute Gasteiger partial charge is 0.477 e. The van der Waals surface area contributed by atoms with Gasteiger partial charge in [0.1, 0.15) is 0 Å². The average Bonchev–Trinajstić information content (AvgIpc) is 2.79. The van der Waals surface area contributed by atoms with Gasteiger partial charge >= 0.3 is 0 Å². The molecule has 33 heavy (non-hydrogen) atoms.